The Morgan fingerprint density at radius 3 is 2.53 bits per heavy atom. The van der Waals surface area contributed by atoms with Crippen LogP contribution in [0.5, 0.6) is 0 Å². The van der Waals surface area contributed by atoms with Gasteiger partial charge in [-0.05, 0) is 30.7 Å². The highest BCUT2D eigenvalue weighted by molar-refractivity contribution is 6.31. The van der Waals surface area contributed by atoms with Gasteiger partial charge in [-0.3, -0.25) is 4.90 Å². The Kier molecular flexibility index (Phi) is 6.53. The summed E-state index contributed by atoms with van der Waals surface area (Å²) in [6.45, 7) is 3.06. The van der Waals surface area contributed by atoms with Crippen molar-refractivity contribution in [1.82, 2.24) is 25.6 Å². The van der Waals surface area contributed by atoms with Gasteiger partial charge < -0.3 is 9.63 Å². The first-order valence-corrected chi connectivity index (χ1v) is 9.50. The molecule has 3 rings (SSSR count). The number of carboxylic acid groups (broad SMARTS) is 1. The lowest BCUT2D eigenvalue weighted by atomic mass is 10.00. The Hall–Kier alpha value is -3.80. The monoisotopic (exact) mass is 466 g/mol. The van der Waals surface area contributed by atoms with Crippen molar-refractivity contribution < 1.29 is 28.0 Å². The molecule has 168 valence electrons. The van der Waals surface area contributed by atoms with Crippen LogP contribution in [0.15, 0.2) is 28.9 Å². The number of aromatic nitrogens is 3. The molecule has 0 unspecified atom stereocenters. The molecule has 2 N–H and O–H groups in total. The highest BCUT2D eigenvalue weighted by Crippen LogP contribution is 2.36. The van der Waals surface area contributed by atoms with Crippen LogP contribution in [0.25, 0.3) is 22.5 Å². The number of rotatable bonds is 4. The van der Waals surface area contributed by atoms with E-state index in [4.69, 9.17) is 21.2 Å². The molecule has 0 aliphatic rings. The third-order valence-electron chi connectivity index (χ3n) is 4.32. The SMILES string of the molecule is CCN(NC(=O)O)C(=O)N(C)c1ncc(-c2cc(Cl)cc(F)c2-c2noc(C)n2)cc1F. The molecular formula is C19H17ClF2N6O4. The van der Waals surface area contributed by atoms with Gasteiger partial charge in [-0.25, -0.2) is 33.8 Å². The standard InChI is InChI=1S/C19H17ClF2N6O4/c1-4-28(25-18(29)30)19(31)27(3)17-14(22)5-10(8-23-17)12-6-11(20)7-13(21)15(12)16-24-9(2)32-26-16/h5-8,25H,4H2,1-3H3,(H,29,30). The molecule has 1 aromatic carbocycles. The fourth-order valence-corrected chi connectivity index (χ4v) is 3.11. The van der Waals surface area contributed by atoms with Crippen LogP contribution in [0.1, 0.15) is 12.8 Å². The minimum atomic E-state index is -1.45. The first-order valence-electron chi connectivity index (χ1n) is 9.12. The molecule has 3 amide bonds. The van der Waals surface area contributed by atoms with Crippen molar-refractivity contribution in [2.45, 2.75) is 13.8 Å². The number of halogens is 3. The predicted molar refractivity (Wildman–Crippen MR) is 110 cm³/mol. The van der Waals surface area contributed by atoms with E-state index in [9.17, 15) is 18.4 Å². The van der Waals surface area contributed by atoms with Crippen LogP contribution in [-0.4, -0.2) is 51.0 Å². The molecule has 13 heteroatoms. The van der Waals surface area contributed by atoms with Gasteiger partial charge in [0.2, 0.25) is 11.7 Å². The van der Waals surface area contributed by atoms with Crippen LogP contribution in [0.3, 0.4) is 0 Å². The van der Waals surface area contributed by atoms with E-state index in [1.807, 2.05) is 5.43 Å². The summed E-state index contributed by atoms with van der Waals surface area (Å²) in [5, 5.41) is 13.4. The second-order valence-corrected chi connectivity index (χ2v) is 6.92. The van der Waals surface area contributed by atoms with Gasteiger partial charge in [0.05, 0.1) is 5.56 Å². The van der Waals surface area contributed by atoms with Gasteiger partial charge in [-0.2, -0.15) is 4.98 Å². The summed E-state index contributed by atoms with van der Waals surface area (Å²) >= 11 is 5.99. The molecule has 0 aliphatic carbocycles. The number of hydrogen-bond acceptors (Lipinski definition) is 6. The molecule has 0 atom stereocenters. The van der Waals surface area contributed by atoms with Crippen molar-refractivity contribution in [3.05, 3.63) is 46.9 Å². The van der Waals surface area contributed by atoms with E-state index < -0.39 is 23.8 Å². The number of benzene rings is 1. The maximum atomic E-state index is 14.9. The number of carbonyl (C=O) groups is 2. The number of nitrogens with zero attached hydrogens (tertiary/aromatic N) is 5. The third-order valence-corrected chi connectivity index (χ3v) is 4.54. The first kappa shape index (κ1) is 22.9. The highest BCUT2D eigenvalue weighted by Gasteiger charge is 2.25. The highest BCUT2D eigenvalue weighted by atomic mass is 35.5. The average molecular weight is 467 g/mol. The maximum Gasteiger partial charge on any atom is 0.423 e. The predicted octanol–water partition coefficient (Wildman–Crippen LogP) is 4.10. The van der Waals surface area contributed by atoms with Crippen molar-refractivity contribution in [2.75, 3.05) is 18.5 Å². The largest absolute Gasteiger partial charge is 0.464 e. The molecule has 0 fully saturated rings. The number of anilines is 1. The van der Waals surface area contributed by atoms with E-state index in [0.717, 1.165) is 22.0 Å². The smallest absolute Gasteiger partial charge is 0.423 e. The second kappa shape index (κ2) is 9.14. The molecule has 0 radical (unpaired) electrons. The summed E-state index contributed by atoms with van der Waals surface area (Å²) in [6, 6.07) is 2.64. The number of nitrogens with one attached hydrogen (secondary N) is 1. The summed E-state index contributed by atoms with van der Waals surface area (Å²) < 4.78 is 34.5. The second-order valence-electron chi connectivity index (χ2n) is 6.48. The molecule has 0 aliphatic heterocycles. The van der Waals surface area contributed by atoms with Crippen molar-refractivity contribution in [3.8, 4) is 22.5 Å². The van der Waals surface area contributed by atoms with Gasteiger partial charge in [0.1, 0.15) is 5.82 Å². The molecule has 3 aromatic rings. The van der Waals surface area contributed by atoms with Crippen molar-refractivity contribution >= 4 is 29.5 Å². The number of hydrazine groups is 1. The first-order chi connectivity index (χ1) is 15.1. The van der Waals surface area contributed by atoms with E-state index in [-0.39, 0.29) is 45.8 Å². The molecule has 0 saturated carbocycles. The van der Waals surface area contributed by atoms with Gasteiger partial charge in [0.25, 0.3) is 0 Å². The minimum absolute atomic E-state index is 0.00948. The lowest BCUT2D eigenvalue weighted by Gasteiger charge is -2.26. The summed E-state index contributed by atoms with van der Waals surface area (Å²) in [7, 11) is 1.23. The van der Waals surface area contributed by atoms with Crippen molar-refractivity contribution in [2.24, 2.45) is 0 Å². The Bertz CT molecular complexity index is 1190. The molecular weight excluding hydrogens is 450 g/mol. The Balaban J connectivity index is 2.02. The van der Waals surface area contributed by atoms with Crippen LogP contribution in [0.2, 0.25) is 5.02 Å². The van der Waals surface area contributed by atoms with Gasteiger partial charge in [-0.15, -0.1) is 0 Å². The van der Waals surface area contributed by atoms with E-state index in [1.54, 1.807) is 0 Å². The number of pyridine rings is 1. The topological polar surface area (TPSA) is 125 Å². The molecule has 10 nitrogen and oxygen atoms in total. The molecule has 0 spiro atoms. The summed E-state index contributed by atoms with van der Waals surface area (Å²) in [6.07, 6.45) is -0.241. The van der Waals surface area contributed by atoms with Crippen LogP contribution < -0.4 is 10.3 Å². The third kappa shape index (κ3) is 4.59. The van der Waals surface area contributed by atoms with E-state index in [1.165, 1.54) is 33.2 Å². The zero-order chi connectivity index (χ0) is 23.6. The lowest BCUT2D eigenvalue weighted by Crippen LogP contribution is -2.51. The molecule has 0 bridgehead atoms. The van der Waals surface area contributed by atoms with E-state index in [0.29, 0.717) is 0 Å². The number of amides is 3. The normalized spacial score (nSPS) is 10.7. The Morgan fingerprint density at radius 1 is 1.25 bits per heavy atom. The lowest BCUT2D eigenvalue weighted by molar-refractivity contribution is 0.148. The fourth-order valence-electron chi connectivity index (χ4n) is 2.90. The summed E-state index contributed by atoms with van der Waals surface area (Å²) in [4.78, 5) is 32.1. The summed E-state index contributed by atoms with van der Waals surface area (Å²) in [5.74, 6) is -1.88. The Labute approximate surface area is 185 Å². The van der Waals surface area contributed by atoms with Gasteiger partial charge in [0, 0.05) is 37.3 Å². The van der Waals surface area contributed by atoms with Crippen molar-refractivity contribution in [1.29, 1.82) is 0 Å². The zero-order valence-corrected chi connectivity index (χ0v) is 17.8. The van der Waals surface area contributed by atoms with Gasteiger partial charge in [0.15, 0.2) is 11.6 Å². The number of carbonyl (C=O) groups excluding carboxylic acids is 1. The van der Waals surface area contributed by atoms with Gasteiger partial charge >= 0.3 is 12.1 Å². The average Bonchev–Trinajstić information content (AvgIpc) is 3.15. The van der Waals surface area contributed by atoms with Gasteiger partial charge in [-0.1, -0.05) is 16.8 Å². The van der Waals surface area contributed by atoms with Crippen molar-refractivity contribution in [3.63, 3.8) is 0 Å². The Morgan fingerprint density at radius 2 is 1.97 bits per heavy atom. The van der Waals surface area contributed by atoms with E-state index in [2.05, 4.69) is 15.1 Å². The molecule has 2 heterocycles. The number of aryl methyl sites for hydroxylation is 1. The maximum absolute atomic E-state index is 14.9. The fraction of sp³-hybridized carbons (Fsp3) is 0.211. The zero-order valence-electron chi connectivity index (χ0n) is 17.1. The van der Waals surface area contributed by atoms with Crippen LogP contribution >= 0.6 is 11.6 Å². The quantitative estimate of drug-likeness (QED) is 0.554. The minimum Gasteiger partial charge on any atom is -0.464 e. The van der Waals surface area contributed by atoms with E-state index >= 15 is 0 Å². The molecule has 32 heavy (non-hydrogen) atoms. The van der Waals surface area contributed by atoms with Crippen LogP contribution in [0, 0.1) is 18.6 Å². The molecule has 2 aromatic heterocycles. The number of hydrogen-bond donors (Lipinski definition) is 2. The summed E-state index contributed by atoms with van der Waals surface area (Å²) in [5.41, 5.74) is 2.14. The number of urea groups is 1. The van der Waals surface area contributed by atoms with Crippen LogP contribution in [0.4, 0.5) is 24.2 Å². The molecule has 0 saturated heterocycles. The van der Waals surface area contributed by atoms with Crippen LogP contribution in [-0.2, 0) is 0 Å².